The fourth-order valence-electron chi connectivity index (χ4n) is 2.47. The molecular weight excluding hydrogens is 262 g/mol. The van der Waals surface area contributed by atoms with Crippen molar-refractivity contribution in [3.05, 3.63) is 30.5 Å². The van der Waals surface area contributed by atoms with Gasteiger partial charge in [-0.2, -0.15) is 0 Å². The number of hydrogen-bond donors (Lipinski definition) is 1. The predicted molar refractivity (Wildman–Crippen MR) is 71.5 cm³/mol. The number of carboxylic acids is 1. The van der Waals surface area contributed by atoms with Gasteiger partial charge in [0.05, 0.1) is 5.52 Å². The van der Waals surface area contributed by atoms with Crippen molar-refractivity contribution in [2.75, 3.05) is 5.75 Å². The Bertz CT molecular complexity index is 783. The number of aromatic nitrogens is 3. The van der Waals surface area contributed by atoms with Crippen molar-refractivity contribution in [1.29, 1.82) is 0 Å². The van der Waals surface area contributed by atoms with Gasteiger partial charge in [-0.1, -0.05) is 30.0 Å². The van der Waals surface area contributed by atoms with Gasteiger partial charge in [0, 0.05) is 22.9 Å². The summed E-state index contributed by atoms with van der Waals surface area (Å²) >= 11 is 1.46. The SMILES string of the molecule is O=C(O)[C@@H]1CSc2ncc3c4ccccc4nc-3n21. The maximum absolute atomic E-state index is 11.3. The monoisotopic (exact) mass is 271 g/mol. The average molecular weight is 271 g/mol. The van der Waals surface area contributed by atoms with Crippen molar-refractivity contribution in [3.63, 3.8) is 0 Å². The van der Waals surface area contributed by atoms with Gasteiger partial charge >= 0.3 is 5.97 Å². The van der Waals surface area contributed by atoms with E-state index in [4.69, 9.17) is 0 Å². The second kappa shape index (κ2) is 3.71. The zero-order valence-electron chi connectivity index (χ0n) is 9.78. The minimum absolute atomic E-state index is 0.505. The number of nitrogens with zero attached hydrogens (tertiary/aromatic N) is 3. The van der Waals surface area contributed by atoms with E-state index in [1.54, 1.807) is 10.8 Å². The Morgan fingerprint density at radius 1 is 1.42 bits per heavy atom. The standard InChI is InChI=1S/C13H9N3O2S/c17-12(18)10-6-19-13-14-5-8-7-3-1-2-4-9(7)15-11(8)16(10)13/h1-5,10H,6H2,(H,17,18)/t10-/m0/s1. The summed E-state index contributed by atoms with van der Waals surface area (Å²) in [5.74, 6) is 0.381. The molecule has 0 unspecified atom stereocenters. The van der Waals surface area contributed by atoms with Crippen molar-refractivity contribution in [2.24, 2.45) is 0 Å². The van der Waals surface area contributed by atoms with Crippen molar-refractivity contribution < 1.29 is 9.90 Å². The largest absolute Gasteiger partial charge is 0.480 e. The molecule has 0 saturated carbocycles. The molecule has 5 nitrogen and oxygen atoms in total. The molecule has 1 N–H and O–H groups in total. The summed E-state index contributed by atoms with van der Waals surface area (Å²) in [6.45, 7) is 0. The number of carbonyl (C=O) groups is 1. The molecule has 6 heteroatoms. The highest BCUT2D eigenvalue weighted by Gasteiger charge is 2.33. The molecule has 1 atom stereocenters. The molecule has 0 spiro atoms. The van der Waals surface area contributed by atoms with Crippen LogP contribution in [0.25, 0.3) is 22.3 Å². The lowest BCUT2D eigenvalue weighted by atomic mass is 10.1. The Labute approximate surface area is 112 Å². The summed E-state index contributed by atoms with van der Waals surface area (Å²) in [4.78, 5) is 20.3. The third kappa shape index (κ3) is 1.40. The topological polar surface area (TPSA) is 68.0 Å². The number of aliphatic carboxylic acids is 1. The summed E-state index contributed by atoms with van der Waals surface area (Å²) < 4.78 is 1.74. The lowest BCUT2D eigenvalue weighted by Gasteiger charge is -2.13. The van der Waals surface area contributed by atoms with Crippen LogP contribution in [0.1, 0.15) is 6.04 Å². The smallest absolute Gasteiger partial charge is 0.327 e. The van der Waals surface area contributed by atoms with E-state index in [-0.39, 0.29) is 0 Å². The molecule has 4 rings (SSSR count). The molecule has 0 amide bonds. The average Bonchev–Trinajstić information content (AvgIpc) is 2.99. The predicted octanol–water partition coefficient (Wildman–Crippen LogP) is 2.27. The molecule has 0 aliphatic carbocycles. The molecule has 19 heavy (non-hydrogen) atoms. The normalized spacial score (nSPS) is 18.0. The van der Waals surface area contributed by atoms with E-state index >= 15 is 0 Å². The van der Waals surface area contributed by atoms with Crippen molar-refractivity contribution >= 4 is 28.6 Å². The quantitative estimate of drug-likeness (QED) is 0.688. The third-order valence-electron chi connectivity index (χ3n) is 3.37. The Morgan fingerprint density at radius 2 is 2.26 bits per heavy atom. The Balaban J connectivity index is 2.08. The van der Waals surface area contributed by atoms with E-state index in [1.165, 1.54) is 11.8 Å². The van der Waals surface area contributed by atoms with Crippen LogP contribution in [0.5, 0.6) is 0 Å². The number of benzene rings is 1. The molecule has 3 aliphatic rings. The van der Waals surface area contributed by atoms with E-state index in [1.807, 2.05) is 24.3 Å². The van der Waals surface area contributed by atoms with Gasteiger partial charge in [-0.15, -0.1) is 0 Å². The fraction of sp³-hybridized carbons (Fsp3) is 0.154. The van der Waals surface area contributed by atoms with Crippen molar-refractivity contribution in [2.45, 2.75) is 11.2 Å². The second-order valence-corrected chi connectivity index (χ2v) is 5.43. The Morgan fingerprint density at radius 3 is 3.11 bits per heavy atom. The molecule has 0 aromatic heterocycles. The molecule has 3 aliphatic heterocycles. The molecule has 1 aromatic rings. The molecule has 1 aromatic carbocycles. The van der Waals surface area contributed by atoms with Crippen LogP contribution >= 0.6 is 11.8 Å². The summed E-state index contributed by atoms with van der Waals surface area (Å²) in [6, 6.07) is 7.21. The second-order valence-electron chi connectivity index (χ2n) is 4.44. The van der Waals surface area contributed by atoms with Gasteiger partial charge in [-0.05, 0) is 6.07 Å². The van der Waals surface area contributed by atoms with Gasteiger partial charge in [0.2, 0.25) is 0 Å². The molecular formula is C13H9N3O2S. The first-order valence-corrected chi connectivity index (χ1v) is 6.85. The van der Waals surface area contributed by atoms with Gasteiger partial charge < -0.3 is 5.11 Å². The van der Waals surface area contributed by atoms with Crippen molar-refractivity contribution in [1.82, 2.24) is 14.5 Å². The maximum Gasteiger partial charge on any atom is 0.327 e. The summed E-state index contributed by atoms with van der Waals surface area (Å²) in [5, 5.41) is 11.0. The van der Waals surface area contributed by atoms with Gasteiger partial charge in [-0.25, -0.2) is 14.8 Å². The lowest BCUT2D eigenvalue weighted by molar-refractivity contribution is -0.140. The summed E-state index contributed by atoms with van der Waals surface area (Å²) in [6.07, 6.45) is 1.79. The van der Waals surface area contributed by atoms with Crippen LogP contribution < -0.4 is 0 Å². The van der Waals surface area contributed by atoms with E-state index in [9.17, 15) is 9.90 Å². The van der Waals surface area contributed by atoms with Crippen LogP contribution in [-0.2, 0) is 4.79 Å². The number of fused-ring (bicyclic) bond motifs is 5. The van der Waals surface area contributed by atoms with E-state index in [0.717, 1.165) is 21.6 Å². The van der Waals surface area contributed by atoms with Crippen LogP contribution in [0.2, 0.25) is 0 Å². The highest BCUT2D eigenvalue weighted by Crippen LogP contribution is 2.40. The number of para-hydroxylation sites is 1. The lowest BCUT2D eigenvalue weighted by Crippen LogP contribution is -2.20. The van der Waals surface area contributed by atoms with Gasteiger partial charge in [0.25, 0.3) is 0 Å². The van der Waals surface area contributed by atoms with Gasteiger partial charge in [0.1, 0.15) is 11.9 Å². The molecule has 0 saturated heterocycles. The van der Waals surface area contributed by atoms with E-state index in [0.29, 0.717) is 11.6 Å². The number of carboxylic acid groups (broad SMARTS) is 1. The Hall–Kier alpha value is -2.08. The zero-order chi connectivity index (χ0) is 13.0. The Kier molecular flexibility index (Phi) is 2.11. The number of rotatable bonds is 1. The van der Waals surface area contributed by atoms with Crippen LogP contribution in [0.15, 0.2) is 35.6 Å². The van der Waals surface area contributed by atoms with E-state index in [2.05, 4.69) is 9.97 Å². The maximum atomic E-state index is 11.3. The summed E-state index contributed by atoms with van der Waals surface area (Å²) in [7, 11) is 0. The van der Waals surface area contributed by atoms with Crippen LogP contribution in [0, 0.1) is 0 Å². The molecule has 3 heterocycles. The number of thioether (sulfide) groups is 1. The fourth-order valence-corrected chi connectivity index (χ4v) is 3.55. The van der Waals surface area contributed by atoms with Crippen LogP contribution in [0.3, 0.4) is 0 Å². The first-order valence-electron chi connectivity index (χ1n) is 5.87. The first kappa shape index (κ1) is 10.8. The van der Waals surface area contributed by atoms with Crippen LogP contribution in [-0.4, -0.2) is 31.4 Å². The van der Waals surface area contributed by atoms with Gasteiger partial charge in [-0.3, -0.25) is 4.57 Å². The van der Waals surface area contributed by atoms with Crippen LogP contribution in [0.4, 0.5) is 0 Å². The van der Waals surface area contributed by atoms with E-state index < -0.39 is 12.0 Å². The highest BCUT2D eigenvalue weighted by molar-refractivity contribution is 7.99. The highest BCUT2D eigenvalue weighted by atomic mass is 32.2. The molecule has 94 valence electrons. The van der Waals surface area contributed by atoms with Crippen molar-refractivity contribution in [3.8, 4) is 11.4 Å². The minimum Gasteiger partial charge on any atom is -0.480 e. The number of hydrogen-bond acceptors (Lipinski definition) is 4. The first-order chi connectivity index (χ1) is 9.25. The summed E-state index contributed by atoms with van der Waals surface area (Å²) in [5.41, 5.74) is 1.79. The van der Waals surface area contributed by atoms with Gasteiger partial charge in [0.15, 0.2) is 5.16 Å². The molecule has 0 fully saturated rings. The minimum atomic E-state index is -0.836. The zero-order valence-corrected chi connectivity index (χ0v) is 10.6. The molecule has 0 radical (unpaired) electrons. The molecule has 0 bridgehead atoms. The third-order valence-corrected chi connectivity index (χ3v) is 4.41.